The molecule has 0 saturated heterocycles. The number of nitrogens with zero attached hydrogens (tertiary/aromatic N) is 2. The van der Waals surface area contributed by atoms with Crippen LogP contribution in [0.3, 0.4) is 0 Å². The number of amides is 2. The fraction of sp³-hybridized carbons (Fsp3) is 0.394. The summed E-state index contributed by atoms with van der Waals surface area (Å²) in [5, 5.41) is 3.56. The Morgan fingerprint density at radius 3 is 2.26 bits per heavy atom. The molecule has 0 aliphatic rings. The maximum atomic E-state index is 13.9. The molecule has 0 spiro atoms. The van der Waals surface area contributed by atoms with Crippen LogP contribution in [0, 0.1) is 13.8 Å². The highest BCUT2D eigenvalue weighted by atomic mass is 35.5. The monoisotopic (exact) mass is 611 g/mol. The zero-order valence-corrected chi connectivity index (χ0v) is 26.5. The Morgan fingerprint density at radius 2 is 1.62 bits per heavy atom. The number of aryl methyl sites for hydroxylation is 2. The van der Waals surface area contributed by atoms with Crippen LogP contribution < -0.4 is 9.62 Å². The second-order valence-electron chi connectivity index (χ2n) is 10.7. The number of hydrogen-bond acceptors (Lipinski definition) is 4. The highest BCUT2D eigenvalue weighted by Crippen LogP contribution is 2.23. The molecule has 2 amide bonds. The van der Waals surface area contributed by atoms with Gasteiger partial charge in [-0.25, -0.2) is 8.42 Å². The highest BCUT2D eigenvalue weighted by molar-refractivity contribution is 7.92. The standard InChI is InChI=1S/C33H42ClN3O4S/c1-5-6-19-35-33(39)31(23-27-12-8-7-9-13-27)36(24-28-14-10-15-29(34)22-28)32(38)16-11-20-37(42(4,40)41)30-18-17-25(2)26(3)21-30/h7-10,12-15,17-18,21-22,31H,5-6,11,16,19-20,23-24H2,1-4H3,(H,35,39). The second kappa shape index (κ2) is 15.8. The van der Waals surface area contributed by atoms with Gasteiger partial charge in [-0.1, -0.05) is 73.5 Å². The number of halogens is 1. The SMILES string of the molecule is CCCCNC(=O)C(Cc1ccccc1)N(Cc1cccc(Cl)c1)C(=O)CCCN(c1ccc(C)c(C)c1)S(C)(=O)=O. The summed E-state index contributed by atoms with van der Waals surface area (Å²) in [6.45, 7) is 6.84. The molecule has 3 rings (SSSR count). The number of unbranched alkanes of at least 4 members (excludes halogenated alkanes) is 1. The number of carbonyl (C=O) groups is 2. The number of sulfonamides is 1. The molecule has 226 valence electrons. The van der Waals surface area contributed by atoms with E-state index in [0.29, 0.717) is 30.1 Å². The average molecular weight is 612 g/mol. The molecular weight excluding hydrogens is 570 g/mol. The molecule has 1 atom stereocenters. The first-order chi connectivity index (χ1) is 20.0. The zero-order valence-electron chi connectivity index (χ0n) is 25.0. The van der Waals surface area contributed by atoms with Gasteiger partial charge in [0.1, 0.15) is 6.04 Å². The van der Waals surface area contributed by atoms with Gasteiger partial charge in [-0.2, -0.15) is 0 Å². The number of nitrogens with one attached hydrogen (secondary N) is 1. The Bertz CT molecular complexity index is 1450. The van der Waals surface area contributed by atoms with Gasteiger partial charge < -0.3 is 10.2 Å². The van der Waals surface area contributed by atoms with Crippen molar-refractivity contribution in [2.45, 2.75) is 65.5 Å². The third-order valence-corrected chi connectivity index (χ3v) is 8.70. The van der Waals surface area contributed by atoms with Crippen molar-refractivity contribution in [3.05, 3.63) is 100 Å². The van der Waals surface area contributed by atoms with Crippen molar-refractivity contribution in [3.8, 4) is 0 Å². The van der Waals surface area contributed by atoms with E-state index in [0.717, 1.165) is 35.1 Å². The van der Waals surface area contributed by atoms with Gasteiger partial charge in [-0.05, 0) is 73.2 Å². The summed E-state index contributed by atoms with van der Waals surface area (Å²) in [7, 11) is -3.57. The number of anilines is 1. The summed E-state index contributed by atoms with van der Waals surface area (Å²) in [6, 6.07) is 21.7. The number of rotatable bonds is 15. The van der Waals surface area contributed by atoms with Gasteiger partial charge in [-0.15, -0.1) is 0 Å². The van der Waals surface area contributed by atoms with Crippen LogP contribution in [0.4, 0.5) is 5.69 Å². The van der Waals surface area contributed by atoms with E-state index in [4.69, 9.17) is 11.6 Å². The molecule has 0 bridgehead atoms. The van der Waals surface area contributed by atoms with Crippen molar-refractivity contribution >= 4 is 39.1 Å². The lowest BCUT2D eigenvalue weighted by Gasteiger charge is -2.32. The van der Waals surface area contributed by atoms with Gasteiger partial charge in [0, 0.05) is 37.5 Å². The minimum Gasteiger partial charge on any atom is -0.354 e. The molecule has 3 aromatic carbocycles. The molecule has 7 nitrogen and oxygen atoms in total. The van der Waals surface area contributed by atoms with Crippen LogP contribution >= 0.6 is 11.6 Å². The Balaban J connectivity index is 1.88. The summed E-state index contributed by atoms with van der Waals surface area (Å²) >= 11 is 6.26. The third kappa shape index (κ3) is 9.88. The molecule has 0 aliphatic carbocycles. The van der Waals surface area contributed by atoms with Crippen LogP contribution in [-0.4, -0.2) is 50.5 Å². The van der Waals surface area contributed by atoms with Crippen LogP contribution in [-0.2, 0) is 32.6 Å². The maximum absolute atomic E-state index is 13.9. The molecule has 0 fully saturated rings. The van der Waals surface area contributed by atoms with E-state index in [1.807, 2.05) is 68.4 Å². The average Bonchev–Trinajstić information content (AvgIpc) is 2.94. The zero-order chi connectivity index (χ0) is 30.7. The highest BCUT2D eigenvalue weighted by Gasteiger charge is 2.30. The molecule has 0 heterocycles. The molecule has 0 radical (unpaired) electrons. The fourth-order valence-electron chi connectivity index (χ4n) is 4.78. The summed E-state index contributed by atoms with van der Waals surface area (Å²) in [5.74, 6) is -0.439. The molecule has 3 aromatic rings. The number of benzene rings is 3. The predicted octanol–water partition coefficient (Wildman–Crippen LogP) is 6.06. The summed E-state index contributed by atoms with van der Waals surface area (Å²) in [6.07, 6.45) is 3.67. The molecule has 0 aromatic heterocycles. The Morgan fingerprint density at radius 1 is 0.905 bits per heavy atom. The molecule has 0 aliphatic heterocycles. The fourth-order valence-corrected chi connectivity index (χ4v) is 5.95. The first kappa shape index (κ1) is 33.1. The number of hydrogen-bond donors (Lipinski definition) is 1. The first-order valence-corrected chi connectivity index (χ1v) is 16.6. The molecule has 1 unspecified atom stereocenters. The van der Waals surface area contributed by atoms with Crippen LogP contribution in [0.1, 0.15) is 54.9 Å². The van der Waals surface area contributed by atoms with E-state index in [-0.39, 0.29) is 31.3 Å². The van der Waals surface area contributed by atoms with Crippen LogP contribution in [0.2, 0.25) is 5.02 Å². The minimum absolute atomic E-state index is 0.0744. The van der Waals surface area contributed by atoms with Crippen molar-refractivity contribution in [3.63, 3.8) is 0 Å². The van der Waals surface area contributed by atoms with E-state index in [9.17, 15) is 18.0 Å². The van der Waals surface area contributed by atoms with Crippen molar-refractivity contribution in [1.29, 1.82) is 0 Å². The Kier molecular flexibility index (Phi) is 12.4. The molecule has 1 N–H and O–H groups in total. The third-order valence-electron chi connectivity index (χ3n) is 7.27. The lowest BCUT2D eigenvalue weighted by Crippen LogP contribution is -2.50. The van der Waals surface area contributed by atoms with Crippen LogP contribution in [0.15, 0.2) is 72.8 Å². The Labute approximate surface area is 255 Å². The molecular formula is C33H42ClN3O4S. The van der Waals surface area contributed by atoms with E-state index < -0.39 is 16.1 Å². The van der Waals surface area contributed by atoms with Crippen molar-refractivity contribution in [1.82, 2.24) is 10.2 Å². The number of carbonyl (C=O) groups excluding carboxylic acids is 2. The second-order valence-corrected chi connectivity index (χ2v) is 13.1. The van der Waals surface area contributed by atoms with Gasteiger partial charge in [-0.3, -0.25) is 13.9 Å². The van der Waals surface area contributed by atoms with Crippen molar-refractivity contribution in [2.75, 3.05) is 23.7 Å². The summed E-state index contributed by atoms with van der Waals surface area (Å²) < 4.78 is 26.7. The van der Waals surface area contributed by atoms with E-state index in [2.05, 4.69) is 12.2 Å². The van der Waals surface area contributed by atoms with Gasteiger partial charge in [0.05, 0.1) is 11.9 Å². The normalized spacial score (nSPS) is 12.0. The lowest BCUT2D eigenvalue weighted by atomic mass is 10.0. The van der Waals surface area contributed by atoms with Crippen molar-refractivity contribution < 1.29 is 18.0 Å². The first-order valence-electron chi connectivity index (χ1n) is 14.4. The largest absolute Gasteiger partial charge is 0.354 e. The smallest absolute Gasteiger partial charge is 0.243 e. The quantitative estimate of drug-likeness (QED) is 0.212. The van der Waals surface area contributed by atoms with Crippen molar-refractivity contribution in [2.24, 2.45) is 0 Å². The predicted molar refractivity (Wildman–Crippen MR) is 171 cm³/mol. The maximum Gasteiger partial charge on any atom is 0.243 e. The molecule has 0 saturated carbocycles. The van der Waals surface area contributed by atoms with E-state index >= 15 is 0 Å². The van der Waals surface area contributed by atoms with Gasteiger partial charge >= 0.3 is 0 Å². The van der Waals surface area contributed by atoms with Gasteiger partial charge in [0.25, 0.3) is 0 Å². The summed E-state index contributed by atoms with van der Waals surface area (Å²) in [4.78, 5) is 29.1. The van der Waals surface area contributed by atoms with Crippen LogP contribution in [0.25, 0.3) is 0 Å². The molecule has 9 heteroatoms. The minimum atomic E-state index is -3.57. The molecule has 42 heavy (non-hydrogen) atoms. The van der Waals surface area contributed by atoms with Gasteiger partial charge in [0.15, 0.2) is 0 Å². The summed E-state index contributed by atoms with van der Waals surface area (Å²) in [5.41, 5.74) is 4.38. The van der Waals surface area contributed by atoms with Gasteiger partial charge in [0.2, 0.25) is 21.8 Å². The van der Waals surface area contributed by atoms with Crippen LogP contribution in [0.5, 0.6) is 0 Å². The lowest BCUT2D eigenvalue weighted by molar-refractivity contribution is -0.141. The van der Waals surface area contributed by atoms with E-state index in [1.54, 1.807) is 23.1 Å². The Hall–Kier alpha value is -3.36. The topological polar surface area (TPSA) is 86.8 Å². The van der Waals surface area contributed by atoms with E-state index in [1.165, 1.54) is 10.6 Å².